The fourth-order valence-corrected chi connectivity index (χ4v) is 2.27. The molecule has 0 saturated heterocycles. The molecule has 2 aromatic carbocycles. The van der Waals surface area contributed by atoms with E-state index in [1.54, 1.807) is 0 Å². The van der Waals surface area contributed by atoms with Gasteiger partial charge in [-0.3, -0.25) is 0 Å². The molecule has 112 valence electrons. The SMILES string of the molecule is CNC(c1cc(F)c(Cl)cc1F)c1ccc(C)c(F)c1F. The van der Waals surface area contributed by atoms with Gasteiger partial charge in [-0.2, -0.15) is 0 Å². The van der Waals surface area contributed by atoms with Crippen molar-refractivity contribution in [2.24, 2.45) is 0 Å². The second kappa shape index (κ2) is 6.03. The van der Waals surface area contributed by atoms with Crippen molar-refractivity contribution in [3.8, 4) is 0 Å². The normalized spacial score (nSPS) is 12.5. The summed E-state index contributed by atoms with van der Waals surface area (Å²) in [5.41, 5.74) is -0.128. The minimum Gasteiger partial charge on any atom is -0.309 e. The summed E-state index contributed by atoms with van der Waals surface area (Å²) in [4.78, 5) is 0. The van der Waals surface area contributed by atoms with E-state index < -0.39 is 29.3 Å². The largest absolute Gasteiger partial charge is 0.309 e. The first-order valence-electron chi connectivity index (χ1n) is 6.13. The summed E-state index contributed by atoms with van der Waals surface area (Å²) in [6, 6.07) is 3.35. The smallest absolute Gasteiger partial charge is 0.164 e. The van der Waals surface area contributed by atoms with Crippen LogP contribution in [0.2, 0.25) is 5.02 Å². The van der Waals surface area contributed by atoms with Gasteiger partial charge in [0.05, 0.1) is 11.1 Å². The highest BCUT2D eigenvalue weighted by Gasteiger charge is 2.23. The van der Waals surface area contributed by atoms with E-state index in [1.807, 2.05) is 0 Å². The van der Waals surface area contributed by atoms with Gasteiger partial charge in [0.1, 0.15) is 11.6 Å². The summed E-state index contributed by atoms with van der Waals surface area (Å²) in [6.45, 7) is 1.42. The standard InChI is InChI=1S/C15H12ClF4N/c1-7-3-4-8(14(20)13(7)19)15(21-2)9-5-12(18)10(16)6-11(9)17/h3-6,15,21H,1-2H3. The van der Waals surface area contributed by atoms with E-state index in [9.17, 15) is 17.6 Å². The molecule has 6 heteroatoms. The highest BCUT2D eigenvalue weighted by Crippen LogP contribution is 2.30. The number of hydrogen-bond acceptors (Lipinski definition) is 1. The lowest BCUT2D eigenvalue weighted by Gasteiger charge is -2.19. The molecule has 0 bridgehead atoms. The van der Waals surface area contributed by atoms with Gasteiger partial charge in [0.25, 0.3) is 0 Å². The van der Waals surface area contributed by atoms with Crippen LogP contribution >= 0.6 is 11.6 Å². The van der Waals surface area contributed by atoms with Crippen LogP contribution in [-0.4, -0.2) is 7.05 Å². The van der Waals surface area contributed by atoms with Gasteiger partial charge in [-0.15, -0.1) is 0 Å². The molecule has 1 nitrogen and oxygen atoms in total. The zero-order chi connectivity index (χ0) is 15.7. The summed E-state index contributed by atoms with van der Waals surface area (Å²) >= 11 is 5.49. The number of nitrogens with one attached hydrogen (secondary N) is 1. The Morgan fingerprint density at radius 3 is 2.24 bits per heavy atom. The Labute approximate surface area is 124 Å². The minimum absolute atomic E-state index is 0.110. The first-order chi connectivity index (χ1) is 9.86. The van der Waals surface area contributed by atoms with Crippen molar-refractivity contribution >= 4 is 11.6 Å². The topological polar surface area (TPSA) is 12.0 Å². The first-order valence-corrected chi connectivity index (χ1v) is 6.50. The maximum atomic E-state index is 14.0. The van der Waals surface area contributed by atoms with Crippen molar-refractivity contribution < 1.29 is 17.6 Å². The maximum absolute atomic E-state index is 14.0. The lowest BCUT2D eigenvalue weighted by molar-refractivity contribution is 0.477. The average molecular weight is 318 g/mol. The van der Waals surface area contributed by atoms with Gasteiger partial charge in [0, 0.05) is 11.1 Å². The van der Waals surface area contributed by atoms with Crippen LogP contribution in [0.15, 0.2) is 24.3 Å². The van der Waals surface area contributed by atoms with Crippen molar-refractivity contribution in [3.63, 3.8) is 0 Å². The summed E-state index contributed by atoms with van der Waals surface area (Å²) in [6.07, 6.45) is 0. The Bertz CT molecular complexity index is 686. The van der Waals surface area contributed by atoms with E-state index in [4.69, 9.17) is 11.6 Å². The van der Waals surface area contributed by atoms with E-state index >= 15 is 0 Å². The van der Waals surface area contributed by atoms with Crippen LogP contribution in [-0.2, 0) is 0 Å². The fraction of sp³-hybridized carbons (Fsp3) is 0.200. The lowest BCUT2D eigenvalue weighted by atomic mass is 9.96. The molecule has 0 amide bonds. The molecule has 0 heterocycles. The molecule has 0 aromatic heterocycles. The molecule has 0 aliphatic carbocycles. The molecule has 1 unspecified atom stereocenters. The average Bonchev–Trinajstić information content (AvgIpc) is 2.44. The molecule has 1 atom stereocenters. The third kappa shape index (κ3) is 2.89. The summed E-state index contributed by atoms with van der Waals surface area (Å²) in [7, 11) is 1.44. The third-order valence-corrected chi connectivity index (χ3v) is 3.55. The van der Waals surface area contributed by atoms with Gasteiger partial charge in [0.2, 0.25) is 0 Å². The molecular formula is C15H12ClF4N. The molecule has 0 radical (unpaired) electrons. The number of rotatable bonds is 3. The molecular weight excluding hydrogens is 306 g/mol. The Morgan fingerprint density at radius 1 is 0.952 bits per heavy atom. The van der Waals surface area contributed by atoms with Crippen LogP contribution in [0.5, 0.6) is 0 Å². The highest BCUT2D eigenvalue weighted by molar-refractivity contribution is 6.30. The lowest BCUT2D eigenvalue weighted by Crippen LogP contribution is -2.21. The van der Waals surface area contributed by atoms with Gasteiger partial charge in [-0.05, 0) is 31.7 Å². The zero-order valence-corrected chi connectivity index (χ0v) is 12.0. The Kier molecular flexibility index (Phi) is 4.54. The van der Waals surface area contributed by atoms with Crippen LogP contribution in [0.1, 0.15) is 22.7 Å². The number of benzene rings is 2. The Hall–Kier alpha value is -1.59. The molecule has 0 spiro atoms. The monoisotopic (exact) mass is 317 g/mol. The Morgan fingerprint density at radius 2 is 1.62 bits per heavy atom. The van der Waals surface area contributed by atoms with Crippen LogP contribution in [0.3, 0.4) is 0 Å². The van der Waals surface area contributed by atoms with Gasteiger partial charge < -0.3 is 5.32 Å². The quantitative estimate of drug-likeness (QED) is 0.648. The van der Waals surface area contributed by atoms with Crippen LogP contribution in [0, 0.1) is 30.2 Å². The van der Waals surface area contributed by atoms with Crippen molar-refractivity contribution in [1.82, 2.24) is 5.32 Å². The van der Waals surface area contributed by atoms with Crippen LogP contribution in [0.4, 0.5) is 17.6 Å². The molecule has 0 saturated carbocycles. The second-order valence-corrected chi connectivity index (χ2v) is 5.02. The molecule has 0 fully saturated rings. The molecule has 1 N–H and O–H groups in total. The van der Waals surface area contributed by atoms with Gasteiger partial charge in [-0.1, -0.05) is 23.7 Å². The predicted octanol–water partition coefficient (Wildman–Crippen LogP) is 4.51. The van der Waals surface area contributed by atoms with Crippen LogP contribution in [0.25, 0.3) is 0 Å². The molecule has 21 heavy (non-hydrogen) atoms. The summed E-state index contributed by atoms with van der Waals surface area (Å²) < 4.78 is 55.2. The predicted molar refractivity (Wildman–Crippen MR) is 73.4 cm³/mol. The molecule has 2 rings (SSSR count). The minimum atomic E-state index is -1.09. The third-order valence-electron chi connectivity index (χ3n) is 3.26. The van der Waals surface area contributed by atoms with Crippen molar-refractivity contribution in [2.45, 2.75) is 13.0 Å². The number of aryl methyl sites for hydroxylation is 1. The van der Waals surface area contributed by atoms with Gasteiger partial charge in [-0.25, -0.2) is 17.6 Å². The van der Waals surface area contributed by atoms with E-state index in [1.165, 1.54) is 26.1 Å². The molecule has 2 aromatic rings. The zero-order valence-electron chi connectivity index (χ0n) is 11.3. The van der Waals surface area contributed by atoms with E-state index in [0.717, 1.165) is 12.1 Å². The molecule has 0 aliphatic heterocycles. The van der Waals surface area contributed by atoms with Gasteiger partial charge in [0.15, 0.2) is 11.6 Å². The van der Waals surface area contributed by atoms with Crippen molar-refractivity contribution in [3.05, 3.63) is 69.2 Å². The van der Waals surface area contributed by atoms with E-state index in [0.29, 0.717) is 0 Å². The van der Waals surface area contributed by atoms with Crippen LogP contribution < -0.4 is 5.32 Å². The number of hydrogen-bond donors (Lipinski definition) is 1. The Balaban J connectivity index is 2.60. The van der Waals surface area contributed by atoms with E-state index in [2.05, 4.69) is 5.32 Å². The first kappa shape index (κ1) is 15.8. The highest BCUT2D eigenvalue weighted by atomic mass is 35.5. The molecule has 0 aliphatic rings. The van der Waals surface area contributed by atoms with Gasteiger partial charge >= 0.3 is 0 Å². The summed E-state index contributed by atoms with van der Waals surface area (Å²) in [5, 5.41) is 2.28. The van der Waals surface area contributed by atoms with E-state index in [-0.39, 0.29) is 21.7 Å². The fourth-order valence-electron chi connectivity index (χ4n) is 2.12. The summed E-state index contributed by atoms with van der Waals surface area (Å²) in [5.74, 6) is -3.74. The van der Waals surface area contributed by atoms with Crippen molar-refractivity contribution in [1.29, 1.82) is 0 Å². The van der Waals surface area contributed by atoms with Crippen molar-refractivity contribution in [2.75, 3.05) is 7.05 Å². The maximum Gasteiger partial charge on any atom is 0.164 e. The second-order valence-electron chi connectivity index (χ2n) is 4.61. The number of halogens is 5.